The number of pyridine rings is 1. The number of nitrogens with zero attached hydrogens (tertiary/aromatic N) is 5. The van der Waals surface area contributed by atoms with E-state index >= 15 is 0 Å². The number of hydrogen-bond acceptors (Lipinski definition) is 5. The first-order valence-corrected chi connectivity index (χ1v) is 9.97. The molecule has 1 aliphatic heterocycles. The number of ether oxygens (including phenoxy) is 1. The Hall–Kier alpha value is -2.51. The number of rotatable bonds is 6. The number of fused-ring (bicyclic) bond motifs is 1. The van der Waals surface area contributed by atoms with Crippen molar-refractivity contribution < 1.29 is 9.30 Å². The van der Waals surface area contributed by atoms with Gasteiger partial charge in [-0.2, -0.15) is 0 Å². The van der Waals surface area contributed by atoms with Crippen LogP contribution in [0.1, 0.15) is 23.2 Å². The molecule has 0 radical (unpaired) electrons. The molecule has 4 rings (SSSR count). The van der Waals surface area contributed by atoms with Crippen LogP contribution in [0.15, 0.2) is 30.9 Å². The molecule has 0 aliphatic carbocycles. The van der Waals surface area contributed by atoms with Crippen molar-refractivity contribution in [2.24, 2.45) is 0 Å². The van der Waals surface area contributed by atoms with Crippen molar-refractivity contribution in [3.8, 4) is 0 Å². The third kappa shape index (κ3) is 3.72. The summed E-state index contributed by atoms with van der Waals surface area (Å²) in [5.41, 5.74) is 11.1. The Morgan fingerprint density at radius 1 is 1.21 bits per heavy atom. The maximum atomic E-state index is 6.56. The highest BCUT2D eigenvalue weighted by molar-refractivity contribution is 5.89. The summed E-state index contributed by atoms with van der Waals surface area (Å²) in [6.07, 6.45) is 6.59. The Morgan fingerprint density at radius 2 is 2.04 bits per heavy atom. The second-order valence-electron chi connectivity index (χ2n) is 7.49. The van der Waals surface area contributed by atoms with Gasteiger partial charge in [0.15, 0.2) is 0 Å². The predicted octanol–water partition coefficient (Wildman–Crippen LogP) is 1.69. The lowest BCUT2D eigenvalue weighted by atomic mass is 10.2. The van der Waals surface area contributed by atoms with Crippen LogP contribution in [0.2, 0.25) is 0 Å². The van der Waals surface area contributed by atoms with Gasteiger partial charge in [-0.15, -0.1) is 0 Å². The molecule has 0 spiro atoms. The van der Waals surface area contributed by atoms with Crippen molar-refractivity contribution in [1.29, 1.82) is 0 Å². The molecule has 0 aromatic carbocycles. The molecule has 28 heavy (non-hydrogen) atoms. The van der Waals surface area contributed by atoms with Crippen LogP contribution in [0.3, 0.4) is 0 Å². The van der Waals surface area contributed by atoms with Crippen molar-refractivity contribution in [3.63, 3.8) is 0 Å². The van der Waals surface area contributed by atoms with Gasteiger partial charge in [0.25, 0.3) is 0 Å². The lowest BCUT2D eigenvalue weighted by molar-refractivity contribution is -0.675. The normalized spacial score (nSPS) is 15.4. The minimum absolute atomic E-state index is 0.670. The maximum Gasteiger partial charge on any atom is 0.232 e. The van der Waals surface area contributed by atoms with E-state index in [4.69, 9.17) is 15.5 Å². The van der Waals surface area contributed by atoms with Crippen LogP contribution in [-0.2, 0) is 17.8 Å². The minimum atomic E-state index is 0.670. The molecule has 148 valence electrons. The van der Waals surface area contributed by atoms with E-state index in [0.29, 0.717) is 6.54 Å². The minimum Gasteiger partial charge on any atom is -0.379 e. The molecule has 2 N–H and O–H groups in total. The van der Waals surface area contributed by atoms with Crippen LogP contribution in [0.5, 0.6) is 0 Å². The van der Waals surface area contributed by atoms with Crippen molar-refractivity contribution >= 4 is 16.9 Å². The second-order valence-corrected chi connectivity index (χ2v) is 7.49. The summed E-state index contributed by atoms with van der Waals surface area (Å²) < 4.78 is 9.75. The Morgan fingerprint density at radius 3 is 2.79 bits per heavy atom. The topological polar surface area (TPSA) is 73.1 Å². The summed E-state index contributed by atoms with van der Waals surface area (Å²) in [5.74, 6) is 0.765. The second kappa shape index (κ2) is 8.24. The van der Waals surface area contributed by atoms with Crippen LogP contribution in [0.25, 0.3) is 11.0 Å². The molecule has 0 saturated carbocycles. The monoisotopic (exact) mass is 381 g/mol. The largest absolute Gasteiger partial charge is 0.379 e. The van der Waals surface area contributed by atoms with Gasteiger partial charge in [-0.1, -0.05) is 11.1 Å². The Kier molecular flexibility index (Phi) is 5.54. The number of nitrogen functional groups attached to an aromatic ring is 1. The van der Waals surface area contributed by atoms with Crippen molar-refractivity contribution in [1.82, 2.24) is 19.4 Å². The van der Waals surface area contributed by atoms with Gasteiger partial charge in [-0.05, 0) is 31.9 Å². The van der Waals surface area contributed by atoms with E-state index < -0.39 is 0 Å². The van der Waals surface area contributed by atoms with Crippen molar-refractivity contribution in [3.05, 3.63) is 47.7 Å². The van der Waals surface area contributed by atoms with Gasteiger partial charge in [-0.3, -0.25) is 9.88 Å². The molecule has 1 fully saturated rings. The van der Waals surface area contributed by atoms with Crippen LogP contribution >= 0.6 is 0 Å². The van der Waals surface area contributed by atoms with Gasteiger partial charge < -0.3 is 15.0 Å². The molecule has 0 atom stereocenters. The van der Waals surface area contributed by atoms with Gasteiger partial charge >= 0.3 is 0 Å². The smallest absolute Gasteiger partial charge is 0.232 e. The average molecular weight is 382 g/mol. The van der Waals surface area contributed by atoms with E-state index in [1.165, 1.54) is 11.3 Å². The lowest BCUT2D eigenvalue weighted by Crippen LogP contribution is -2.38. The zero-order chi connectivity index (χ0) is 19.5. The number of hydrogen-bond donors (Lipinski definition) is 1. The first-order valence-electron chi connectivity index (χ1n) is 9.97. The van der Waals surface area contributed by atoms with Crippen LogP contribution in [-0.4, -0.2) is 52.3 Å². The van der Waals surface area contributed by atoms with Crippen LogP contribution in [0.4, 0.5) is 5.82 Å². The predicted molar refractivity (Wildman–Crippen MR) is 109 cm³/mol. The van der Waals surface area contributed by atoms with Gasteiger partial charge in [0.05, 0.1) is 19.8 Å². The Balaban J connectivity index is 1.56. The first-order chi connectivity index (χ1) is 13.6. The standard InChI is InChI=1S/C21H28N6O/c1-16-17(2)27(8-4-7-25-9-11-28-12-10-25)21-19(16)20(22)26(15-24-21)14-18-5-3-6-23-13-18/h3,5-6,13,15,22H,4,7-12,14H2,1-2H3/p+1. The molecule has 0 amide bonds. The quantitative estimate of drug-likeness (QED) is 0.658. The summed E-state index contributed by atoms with van der Waals surface area (Å²) in [6.45, 7) is 10.8. The average Bonchev–Trinajstić information content (AvgIpc) is 2.97. The zero-order valence-electron chi connectivity index (χ0n) is 16.8. The molecule has 4 heterocycles. The molecule has 7 heteroatoms. The summed E-state index contributed by atoms with van der Waals surface area (Å²) in [6, 6.07) is 4.00. The Labute approximate surface area is 165 Å². The first kappa shape index (κ1) is 18.8. The van der Waals surface area contributed by atoms with E-state index in [9.17, 15) is 0 Å². The Bertz CT molecular complexity index is 947. The molecule has 0 bridgehead atoms. The number of anilines is 1. The van der Waals surface area contributed by atoms with E-state index in [-0.39, 0.29) is 0 Å². The molecule has 1 aliphatic rings. The van der Waals surface area contributed by atoms with E-state index in [0.717, 1.165) is 68.2 Å². The van der Waals surface area contributed by atoms with Gasteiger partial charge in [-0.25, -0.2) is 4.57 Å². The van der Waals surface area contributed by atoms with Gasteiger partial charge in [0.1, 0.15) is 5.39 Å². The molecule has 3 aromatic heterocycles. The van der Waals surface area contributed by atoms with E-state index in [2.05, 4.69) is 34.4 Å². The van der Waals surface area contributed by atoms with Crippen molar-refractivity contribution in [2.45, 2.75) is 33.4 Å². The zero-order valence-corrected chi connectivity index (χ0v) is 16.8. The fourth-order valence-corrected chi connectivity index (χ4v) is 3.98. The highest BCUT2D eigenvalue weighted by atomic mass is 16.5. The maximum absolute atomic E-state index is 6.56. The molecule has 3 aromatic rings. The van der Waals surface area contributed by atoms with Crippen LogP contribution in [0, 0.1) is 13.8 Å². The highest BCUT2D eigenvalue weighted by Gasteiger charge is 2.21. The third-order valence-electron chi connectivity index (χ3n) is 5.72. The molecule has 1 saturated heterocycles. The summed E-state index contributed by atoms with van der Waals surface area (Å²) in [7, 11) is 0. The van der Waals surface area contributed by atoms with Crippen LogP contribution < -0.4 is 10.3 Å². The fraction of sp³-hybridized carbons (Fsp3) is 0.476. The van der Waals surface area contributed by atoms with E-state index in [1.807, 2.05) is 23.2 Å². The molecule has 7 nitrogen and oxygen atoms in total. The number of morpholine rings is 1. The number of nitrogens with two attached hydrogens (primary N) is 1. The van der Waals surface area contributed by atoms with E-state index in [1.54, 1.807) is 6.20 Å². The highest BCUT2D eigenvalue weighted by Crippen LogP contribution is 2.26. The third-order valence-corrected chi connectivity index (χ3v) is 5.72. The SMILES string of the molecule is Cc1c(C)n(CCCN2CCOCC2)c2nc[n+](Cc3cccnc3)c(N)c12. The van der Waals surface area contributed by atoms with Gasteiger partial charge in [0, 0.05) is 49.8 Å². The molecular formula is C21H29N6O+. The van der Waals surface area contributed by atoms with Crippen molar-refractivity contribution in [2.75, 3.05) is 38.6 Å². The fourth-order valence-electron chi connectivity index (χ4n) is 3.98. The number of aromatic nitrogens is 4. The lowest BCUT2D eigenvalue weighted by Gasteiger charge is -2.26. The number of aryl methyl sites for hydroxylation is 2. The molecule has 0 unspecified atom stereocenters. The summed E-state index contributed by atoms with van der Waals surface area (Å²) >= 11 is 0. The molecular weight excluding hydrogens is 352 g/mol. The van der Waals surface area contributed by atoms with Gasteiger partial charge in [0.2, 0.25) is 17.8 Å². The summed E-state index contributed by atoms with van der Waals surface area (Å²) in [4.78, 5) is 11.4. The summed E-state index contributed by atoms with van der Waals surface area (Å²) in [5, 5.41) is 1.07.